The van der Waals surface area contributed by atoms with Gasteiger partial charge >= 0.3 is 0 Å². The summed E-state index contributed by atoms with van der Waals surface area (Å²) < 4.78 is 53.9. The second-order valence-corrected chi connectivity index (χ2v) is 34.6. The van der Waals surface area contributed by atoms with E-state index in [0.717, 1.165) is 161 Å². The number of nitrogens with zero attached hydrogens (tertiary/aromatic N) is 6. The van der Waals surface area contributed by atoms with Gasteiger partial charge in [0.2, 0.25) is 5.89 Å². The molecule has 640 valence electrons. The van der Waals surface area contributed by atoms with Crippen molar-refractivity contribution in [3.05, 3.63) is 510 Å². The van der Waals surface area contributed by atoms with Crippen LogP contribution in [0, 0.1) is 0 Å². The molecule has 7 heteroatoms. The Morgan fingerprint density at radius 2 is 0.613 bits per heavy atom. The minimum Gasteiger partial charge on any atom is -0.436 e. The molecule has 0 saturated carbocycles. The van der Waals surface area contributed by atoms with Crippen LogP contribution in [0.4, 0.5) is 0 Å². The van der Waals surface area contributed by atoms with Gasteiger partial charge in [0.15, 0.2) is 11.4 Å². The maximum Gasteiger partial charge on any atom is 0.227 e. The van der Waals surface area contributed by atoms with Crippen LogP contribution in [0.5, 0.6) is 0 Å². The fraction of sp³-hybridized carbons (Fsp3) is 0. The first kappa shape index (κ1) is 75.4. The van der Waals surface area contributed by atoms with E-state index in [9.17, 15) is 0 Å². The van der Waals surface area contributed by atoms with Crippen LogP contribution in [-0.2, 0) is 0 Å². The molecule has 0 radical (unpaired) electrons. The Morgan fingerprint density at radius 1 is 0.219 bits per heavy atom. The second kappa shape index (κ2) is 34.8. The van der Waals surface area contributed by atoms with Gasteiger partial charge in [0.1, 0.15) is 5.52 Å². The third-order valence-corrected chi connectivity index (χ3v) is 26.7. The molecule has 5 aromatic heterocycles. The van der Waals surface area contributed by atoms with E-state index in [1.165, 1.54) is 70.6 Å². The second-order valence-electron chi connectivity index (χ2n) is 34.6. The first-order valence-electron chi connectivity index (χ1n) is 48.7. The lowest BCUT2D eigenvalue weighted by molar-refractivity contribution is 0.620. The van der Waals surface area contributed by atoms with Gasteiger partial charge in [0, 0.05) is 73.1 Å². The van der Waals surface area contributed by atoms with Crippen LogP contribution in [0.25, 0.3) is 254 Å². The first-order chi connectivity index (χ1) is 70.0. The minimum atomic E-state index is -0.387. The number of hydrogen-bond donors (Lipinski definition) is 0. The van der Waals surface area contributed by atoms with Gasteiger partial charge in [-0.3, -0.25) is 4.98 Å². The van der Waals surface area contributed by atoms with Crippen LogP contribution >= 0.6 is 0 Å². The van der Waals surface area contributed by atoms with Gasteiger partial charge in [-0.2, -0.15) is 0 Å². The molecule has 0 bridgehead atoms. The summed E-state index contributed by atoms with van der Waals surface area (Å²) in [5.41, 5.74) is 28.3. The third-order valence-electron chi connectivity index (χ3n) is 26.7. The van der Waals surface area contributed by atoms with Crippen LogP contribution in [0.1, 0.15) is 6.85 Å². The molecular weight excluding hydrogens is 1660 g/mol. The molecule has 0 atom stereocenters. The molecular formula is C130H84N6O. The van der Waals surface area contributed by atoms with Crippen molar-refractivity contribution in [1.82, 2.24) is 29.1 Å². The number of rotatable bonds is 13. The normalized spacial score (nSPS) is 12.0. The van der Waals surface area contributed by atoms with E-state index in [1.54, 1.807) is 6.20 Å². The number of pyridine rings is 1. The Labute approximate surface area is 798 Å². The van der Waals surface area contributed by atoms with Crippen LogP contribution in [-0.4, -0.2) is 29.1 Å². The highest BCUT2D eigenvalue weighted by Gasteiger charge is 2.25. The monoisotopic (exact) mass is 1750 g/mol. The van der Waals surface area contributed by atoms with E-state index >= 15 is 0 Å². The number of aromatic nitrogens is 6. The Bertz CT molecular complexity index is 9190. The molecule has 137 heavy (non-hydrogen) atoms. The van der Waals surface area contributed by atoms with Crippen molar-refractivity contribution in [2.45, 2.75) is 0 Å². The van der Waals surface area contributed by atoms with E-state index in [2.05, 4.69) is 427 Å². The summed E-state index contributed by atoms with van der Waals surface area (Å²) in [5, 5.41) is 18.1. The summed E-state index contributed by atoms with van der Waals surface area (Å²) in [7, 11) is 0. The third kappa shape index (κ3) is 14.9. The van der Waals surface area contributed by atoms with Crippen LogP contribution in [0.2, 0.25) is 0 Å². The van der Waals surface area contributed by atoms with Crippen LogP contribution in [0.3, 0.4) is 0 Å². The largest absolute Gasteiger partial charge is 0.436 e. The lowest BCUT2D eigenvalue weighted by atomic mass is 9.84. The molecule has 27 rings (SSSR count). The fourth-order valence-electron chi connectivity index (χ4n) is 20.3. The molecule has 5 heterocycles. The molecule has 7 nitrogen and oxygen atoms in total. The summed E-state index contributed by atoms with van der Waals surface area (Å²) in [4.78, 5) is 19.9. The van der Waals surface area contributed by atoms with Gasteiger partial charge in [-0.25, -0.2) is 15.0 Å². The average Bonchev–Trinajstić information content (AvgIpc) is 1.25. The maximum absolute atomic E-state index is 8.77. The van der Waals surface area contributed by atoms with Crippen molar-refractivity contribution >= 4 is 119 Å². The van der Waals surface area contributed by atoms with Crippen molar-refractivity contribution < 1.29 is 11.3 Å². The van der Waals surface area contributed by atoms with Gasteiger partial charge in [-0.15, -0.1) is 0 Å². The topological polar surface area (TPSA) is 74.6 Å². The van der Waals surface area contributed by atoms with Gasteiger partial charge < -0.3 is 13.6 Å². The highest BCUT2D eigenvalue weighted by molar-refractivity contribution is 6.26. The lowest BCUT2D eigenvalue weighted by Gasteiger charge is -2.19. The molecule has 0 aliphatic carbocycles. The zero-order chi connectivity index (χ0) is 95.0. The molecule has 0 unspecified atom stereocenters. The number of benzene rings is 22. The van der Waals surface area contributed by atoms with E-state index in [4.69, 9.17) is 26.2 Å². The smallest absolute Gasteiger partial charge is 0.227 e. The van der Waals surface area contributed by atoms with Gasteiger partial charge in [0.25, 0.3) is 0 Å². The van der Waals surface area contributed by atoms with Crippen molar-refractivity contribution in [3.8, 4) is 135 Å². The zero-order valence-electron chi connectivity index (χ0n) is 79.2. The van der Waals surface area contributed by atoms with Crippen molar-refractivity contribution in [3.63, 3.8) is 0 Å². The Balaban J connectivity index is 0.000000113. The summed E-state index contributed by atoms with van der Waals surface area (Å²) >= 11 is 0. The van der Waals surface area contributed by atoms with Crippen molar-refractivity contribution in [1.29, 1.82) is 0 Å². The molecule has 22 aromatic carbocycles. The molecule has 0 aliphatic rings. The molecule has 0 spiro atoms. The van der Waals surface area contributed by atoms with E-state index in [1.807, 2.05) is 60.8 Å². The van der Waals surface area contributed by atoms with Crippen molar-refractivity contribution in [2.24, 2.45) is 0 Å². The maximum atomic E-state index is 8.77. The predicted molar refractivity (Wildman–Crippen MR) is 574 cm³/mol. The molecule has 0 N–H and O–H groups in total. The molecule has 0 aliphatic heterocycles. The quantitative estimate of drug-likeness (QED) is 0.0849. The van der Waals surface area contributed by atoms with Gasteiger partial charge in [-0.1, -0.05) is 425 Å². The average molecular weight is 1750 g/mol. The lowest BCUT2D eigenvalue weighted by Crippen LogP contribution is -2.00. The van der Waals surface area contributed by atoms with E-state index in [-0.39, 0.29) is 35.8 Å². The Kier molecular flexibility index (Phi) is 19.1. The molecule has 0 amide bonds. The summed E-state index contributed by atoms with van der Waals surface area (Å²) in [6.45, 7) is 0. The van der Waals surface area contributed by atoms with E-state index in [0.29, 0.717) is 17.3 Å². The summed E-state index contributed by atoms with van der Waals surface area (Å²) in [6, 6.07) is 162. The molecule has 0 fully saturated rings. The van der Waals surface area contributed by atoms with E-state index < -0.39 is 0 Å². The number of hydrogen-bond acceptors (Lipinski definition) is 5. The summed E-state index contributed by atoms with van der Waals surface area (Å²) in [5.74, 6) is 1.27. The zero-order valence-corrected chi connectivity index (χ0v) is 74.2. The molecule has 0 saturated heterocycles. The number of oxazole rings is 1. The van der Waals surface area contributed by atoms with Crippen molar-refractivity contribution in [2.75, 3.05) is 0 Å². The highest BCUT2D eigenvalue weighted by Crippen LogP contribution is 2.49. The SMILES string of the molecule is [2H]c1c([2H])c([2H])c(-c2c3ccccc3c(-c3cc4ccccc4c4ccccc34)c3ccccc23)c([2H])c1[2H].c1ccc(-c2cc(-c3ccccc3)c3nc(-c4cc(-n5c6ccccc6c6ccccc65)cc(-n5c6ccccc6c6ccccc65)c4)oc3c2)cc1.c1cncc(-c2ccc(-c3cc(-c4ccc(-c5cccc6ccccc56)cc4)nc(-c4ccc(-c5cccc6ccccc56)cc4)n3)cc2)c1. The van der Waals surface area contributed by atoms with Crippen LogP contribution < -0.4 is 0 Å². The highest BCUT2D eigenvalue weighted by atomic mass is 16.3. The standard InChI is InChI=1S/C49H31N3O.C47H31N3.C34H22/c1-3-15-32(16-4-1)34-29-42(33-17-5-2-6-18-33)48-47(30-34)53-49(50-48)35-27-36(51-43-23-11-7-19-38(43)39-20-8-12-24-44(39)51)31-37(28-35)52-45-25-13-9-21-40(45)41-22-10-14-26-46(41)52;1-3-13-41-33(8-1)10-5-15-43(41)35-19-25-38(26-20-35)46-30-45(37-23-17-32(18-24-37)40-12-7-29-48-31-40)49-47(50-46)39-27-21-36(22-28-39)44-16-6-11-34-9-2-4-14-42(34)44;1-2-12-23(13-3-1)33-28-18-8-10-20-30(28)34(31-21-11-9-19-29(31)33)32-22-24-14-4-5-15-25(24)26-16-6-7-17-27(26)32/h1-31H;1-31H;1-22H/i;;1D,2D,3D,12D,13D. The first-order valence-corrected chi connectivity index (χ1v) is 46.2. The Hall–Kier alpha value is -18.3. The van der Waals surface area contributed by atoms with Gasteiger partial charge in [0.05, 0.1) is 40.3 Å². The minimum absolute atomic E-state index is 0.194. The van der Waals surface area contributed by atoms with Crippen LogP contribution in [0.15, 0.2) is 514 Å². The number of fused-ring (bicyclic) bond motifs is 14. The number of para-hydroxylation sites is 4. The Morgan fingerprint density at radius 3 is 1.12 bits per heavy atom. The predicted octanol–water partition coefficient (Wildman–Crippen LogP) is 34.8. The summed E-state index contributed by atoms with van der Waals surface area (Å²) in [6.07, 6.45) is 3.69. The fourth-order valence-corrected chi connectivity index (χ4v) is 20.3. The van der Waals surface area contributed by atoms with Gasteiger partial charge in [-0.05, 0) is 210 Å². The molecule has 27 aromatic rings.